The van der Waals surface area contributed by atoms with Crippen LogP contribution in [0.4, 0.5) is 0 Å². The largest absolute Gasteiger partial charge is 0.495 e. The Morgan fingerprint density at radius 3 is 2.42 bits per heavy atom. The second kappa shape index (κ2) is 8.11. The van der Waals surface area contributed by atoms with Gasteiger partial charge in [-0.3, -0.25) is 4.79 Å². The van der Waals surface area contributed by atoms with Crippen LogP contribution in [-0.4, -0.2) is 57.0 Å². The maximum Gasteiger partial charge on any atom is 0.326 e. The van der Waals surface area contributed by atoms with Gasteiger partial charge in [-0.1, -0.05) is 13.3 Å². The maximum absolute atomic E-state index is 12.3. The zero-order chi connectivity index (χ0) is 18.5. The molecule has 1 amide bonds. The molecule has 1 unspecified atom stereocenters. The number of nitrogens with zero attached hydrogens (tertiary/aromatic N) is 1. The lowest BCUT2D eigenvalue weighted by Gasteiger charge is -2.17. The Bertz CT molecular complexity index is 715. The summed E-state index contributed by atoms with van der Waals surface area (Å²) < 4.78 is 30.7. The van der Waals surface area contributed by atoms with Crippen LogP contribution in [0.5, 0.6) is 5.75 Å². The van der Waals surface area contributed by atoms with Crippen molar-refractivity contribution in [3.05, 3.63) is 23.8 Å². The predicted molar refractivity (Wildman–Crippen MR) is 87.7 cm³/mol. The molecule has 0 aliphatic rings. The van der Waals surface area contributed by atoms with Gasteiger partial charge in [0.15, 0.2) is 0 Å². The standard InChI is InChI=1S/C15H22N2O6S/c1-5-6-11(15(19)20)16-14(18)10-7-8-12(23-4)13(9-10)24(21,22)17(2)3/h7-9,11H,5-6H2,1-4H3,(H,16,18)(H,19,20). The predicted octanol–water partition coefficient (Wildman–Crippen LogP) is 0.929. The Morgan fingerprint density at radius 1 is 1.33 bits per heavy atom. The molecule has 8 nitrogen and oxygen atoms in total. The molecule has 1 atom stereocenters. The molecule has 0 fully saturated rings. The van der Waals surface area contributed by atoms with Gasteiger partial charge in [-0.25, -0.2) is 17.5 Å². The molecular weight excluding hydrogens is 336 g/mol. The highest BCUT2D eigenvalue weighted by Gasteiger charge is 2.25. The number of carbonyl (C=O) groups excluding carboxylic acids is 1. The number of methoxy groups -OCH3 is 1. The van der Waals surface area contributed by atoms with Gasteiger partial charge < -0.3 is 15.2 Å². The number of carbonyl (C=O) groups is 2. The van der Waals surface area contributed by atoms with Crippen LogP contribution in [0.3, 0.4) is 0 Å². The molecule has 0 aliphatic carbocycles. The molecule has 0 aromatic heterocycles. The number of ether oxygens (including phenoxy) is 1. The topological polar surface area (TPSA) is 113 Å². The van der Waals surface area contributed by atoms with Gasteiger partial charge in [0.25, 0.3) is 5.91 Å². The molecule has 9 heteroatoms. The Hall–Kier alpha value is -2.13. The van der Waals surface area contributed by atoms with Crippen LogP contribution in [0.15, 0.2) is 23.1 Å². The number of amides is 1. The number of nitrogens with one attached hydrogen (secondary N) is 1. The Labute approximate surface area is 141 Å². The van der Waals surface area contributed by atoms with Gasteiger partial charge in [-0.2, -0.15) is 0 Å². The third-order valence-corrected chi connectivity index (χ3v) is 5.20. The van der Waals surface area contributed by atoms with Gasteiger partial charge >= 0.3 is 5.97 Å². The summed E-state index contributed by atoms with van der Waals surface area (Å²) in [5, 5.41) is 11.5. The minimum absolute atomic E-state index is 0.0404. The summed E-state index contributed by atoms with van der Waals surface area (Å²) in [5.74, 6) is -1.70. The lowest BCUT2D eigenvalue weighted by Crippen LogP contribution is -2.40. The third kappa shape index (κ3) is 4.45. The summed E-state index contributed by atoms with van der Waals surface area (Å²) in [6.07, 6.45) is 0.861. The number of rotatable bonds is 8. The summed E-state index contributed by atoms with van der Waals surface area (Å²) in [6, 6.07) is 2.89. The summed E-state index contributed by atoms with van der Waals surface area (Å²) in [5.41, 5.74) is 0.0404. The monoisotopic (exact) mass is 358 g/mol. The fourth-order valence-corrected chi connectivity index (χ4v) is 3.08. The summed E-state index contributed by atoms with van der Waals surface area (Å²) in [7, 11) is 0.235. The molecule has 1 aromatic carbocycles. The van der Waals surface area contributed by atoms with Crippen LogP contribution in [0.25, 0.3) is 0 Å². The number of hydrogen-bond acceptors (Lipinski definition) is 5. The zero-order valence-corrected chi connectivity index (χ0v) is 14.9. The molecule has 0 spiro atoms. The maximum atomic E-state index is 12.3. The van der Waals surface area contributed by atoms with E-state index in [1.165, 1.54) is 39.4 Å². The van der Waals surface area contributed by atoms with Crippen LogP contribution < -0.4 is 10.1 Å². The van der Waals surface area contributed by atoms with Crippen LogP contribution in [0.2, 0.25) is 0 Å². The SMILES string of the molecule is CCCC(NC(=O)c1ccc(OC)c(S(=O)(=O)N(C)C)c1)C(=O)O. The van der Waals surface area contributed by atoms with E-state index in [0.717, 1.165) is 4.31 Å². The second-order valence-electron chi connectivity index (χ2n) is 5.31. The number of aliphatic carboxylic acids is 1. The van der Waals surface area contributed by atoms with Gasteiger partial charge in [0.1, 0.15) is 16.7 Å². The van der Waals surface area contributed by atoms with E-state index in [-0.39, 0.29) is 22.6 Å². The van der Waals surface area contributed by atoms with Crippen LogP contribution in [-0.2, 0) is 14.8 Å². The Kier molecular flexibility index (Phi) is 6.73. The van der Waals surface area contributed by atoms with Crippen molar-refractivity contribution in [2.45, 2.75) is 30.7 Å². The van der Waals surface area contributed by atoms with Gasteiger partial charge in [0.2, 0.25) is 10.0 Å². The zero-order valence-electron chi connectivity index (χ0n) is 14.1. The molecular formula is C15H22N2O6S. The lowest BCUT2D eigenvalue weighted by molar-refractivity contribution is -0.139. The van der Waals surface area contributed by atoms with Crippen molar-refractivity contribution in [3.8, 4) is 5.75 Å². The summed E-state index contributed by atoms with van der Waals surface area (Å²) in [4.78, 5) is 23.2. The molecule has 0 radical (unpaired) electrons. The normalized spacial score (nSPS) is 12.7. The average Bonchev–Trinajstić information content (AvgIpc) is 2.53. The molecule has 1 aromatic rings. The average molecular weight is 358 g/mol. The van der Waals surface area contributed by atoms with Gasteiger partial charge in [-0.15, -0.1) is 0 Å². The van der Waals surface area contributed by atoms with E-state index in [1.807, 2.05) is 0 Å². The highest BCUT2D eigenvalue weighted by Crippen LogP contribution is 2.26. The highest BCUT2D eigenvalue weighted by atomic mass is 32.2. The second-order valence-corrected chi connectivity index (χ2v) is 7.43. The van der Waals surface area contributed by atoms with Crippen LogP contribution in [0, 0.1) is 0 Å². The number of carboxylic acids is 1. The minimum atomic E-state index is -3.82. The first-order valence-corrected chi connectivity index (χ1v) is 8.73. The first kappa shape index (κ1) is 19.9. The van der Waals surface area contributed by atoms with E-state index in [2.05, 4.69) is 5.32 Å². The van der Waals surface area contributed by atoms with Crippen molar-refractivity contribution in [2.24, 2.45) is 0 Å². The van der Waals surface area contributed by atoms with E-state index in [0.29, 0.717) is 6.42 Å². The first-order valence-electron chi connectivity index (χ1n) is 7.29. The lowest BCUT2D eigenvalue weighted by atomic mass is 10.1. The molecule has 1 rings (SSSR count). The molecule has 0 heterocycles. The number of hydrogen-bond donors (Lipinski definition) is 2. The fraction of sp³-hybridized carbons (Fsp3) is 0.467. The van der Waals surface area contributed by atoms with Gasteiger partial charge in [-0.05, 0) is 24.6 Å². The quantitative estimate of drug-likeness (QED) is 0.715. The van der Waals surface area contributed by atoms with E-state index in [9.17, 15) is 18.0 Å². The van der Waals surface area contributed by atoms with Crippen molar-refractivity contribution < 1.29 is 27.9 Å². The summed E-state index contributed by atoms with van der Waals surface area (Å²) >= 11 is 0. The van der Waals surface area contributed by atoms with Gasteiger partial charge in [0.05, 0.1) is 7.11 Å². The smallest absolute Gasteiger partial charge is 0.326 e. The van der Waals surface area contributed by atoms with Crippen molar-refractivity contribution in [1.82, 2.24) is 9.62 Å². The van der Waals surface area contributed by atoms with Gasteiger partial charge in [0, 0.05) is 19.7 Å². The Balaban J connectivity index is 3.22. The van der Waals surface area contributed by atoms with Crippen molar-refractivity contribution in [3.63, 3.8) is 0 Å². The number of benzene rings is 1. The van der Waals surface area contributed by atoms with E-state index in [1.54, 1.807) is 6.92 Å². The molecule has 0 bridgehead atoms. The number of sulfonamides is 1. The first-order chi connectivity index (χ1) is 11.1. The molecule has 2 N–H and O–H groups in total. The molecule has 134 valence electrons. The Morgan fingerprint density at radius 2 is 1.96 bits per heavy atom. The fourth-order valence-electron chi connectivity index (χ4n) is 2.00. The van der Waals surface area contributed by atoms with Crippen molar-refractivity contribution >= 4 is 21.9 Å². The van der Waals surface area contributed by atoms with Crippen LogP contribution >= 0.6 is 0 Å². The highest BCUT2D eigenvalue weighted by molar-refractivity contribution is 7.89. The van der Waals surface area contributed by atoms with E-state index >= 15 is 0 Å². The molecule has 24 heavy (non-hydrogen) atoms. The number of carboxylic acid groups (broad SMARTS) is 1. The van der Waals surface area contributed by atoms with Crippen LogP contribution in [0.1, 0.15) is 30.1 Å². The minimum Gasteiger partial charge on any atom is -0.495 e. The summed E-state index contributed by atoms with van der Waals surface area (Å²) in [6.45, 7) is 1.80. The third-order valence-electron chi connectivity index (χ3n) is 3.37. The van der Waals surface area contributed by atoms with E-state index < -0.39 is 27.9 Å². The van der Waals surface area contributed by atoms with E-state index in [4.69, 9.17) is 9.84 Å². The van der Waals surface area contributed by atoms with Crippen molar-refractivity contribution in [2.75, 3.05) is 21.2 Å². The molecule has 0 saturated heterocycles. The molecule has 0 saturated carbocycles. The van der Waals surface area contributed by atoms with Crippen molar-refractivity contribution in [1.29, 1.82) is 0 Å². The molecule has 0 aliphatic heterocycles.